The van der Waals surface area contributed by atoms with Gasteiger partial charge in [0.2, 0.25) is 5.90 Å². The second-order valence-electron chi connectivity index (χ2n) is 5.99. The summed E-state index contributed by atoms with van der Waals surface area (Å²) in [6.45, 7) is 7.75. The van der Waals surface area contributed by atoms with E-state index in [0.717, 1.165) is 12.1 Å². The molecule has 0 saturated carbocycles. The standard InChI is InChI=1S/C22H16ClF2NO4/c1-3-7-28-19-6-5-13(10-20(19)29-8-4-2)9-18-22(27)30-21(26-18)14-11-16(24)17(25)12-15(14)23/h3-6,9-12H,1-2,7-8H2/b18-9-. The number of halogens is 3. The monoisotopic (exact) mass is 431 g/mol. The second kappa shape index (κ2) is 9.37. The molecule has 30 heavy (non-hydrogen) atoms. The molecule has 0 radical (unpaired) electrons. The third-order valence-electron chi connectivity index (χ3n) is 3.85. The maximum atomic E-state index is 13.5. The maximum Gasteiger partial charge on any atom is 0.363 e. The lowest BCUT2D eigenvalue weighted by atomic mass is 10.1. The minimum Gasteiger partial charge on any atom is -0.486 e. The van der Waals surface area contributed by atoms with Crippen LogP contribution in [-0.2, 0) is 9.53 Å². The van der Waals surface area contributed by atoms with Crippen molar-refractivity contribution in [2.75, 3.05) is 13.2 Å². The van der Waals surface area contributed by atoms with Gasteiger partial charge in [0, 0.05) is 0 Å². The lowest BCUT2D eigenvalue weighted by Crippen LogP contribution is -2.07. The SMILES string of the molecule is C=CCOc1ccc(/C=C2\N=C(c3cc(F)c(F)cc3Cl)OC2=O)cc1OCC=C. The van der Waals surface area contributed by atoms with Crippen molar-refractivity contribution in [3.63, 3.8) is 0 Å². The summed E-state index contributed by atoms with van der Waals surface area (Å²) in [5, 5.41) is -0.134. The fraction of sp³-hybridized carbons (Fsp3) is 0.0909. The van der Waals surface area contributed by atoms with E-state index in [4.69, 9.17) is 25.8 Å². The van der Waals surface area contributed by atoms with Gasteiger partial charge < -0.3 is 14.2 Å². The van der Waals surface area contributed by atoms with Crippen LogP contribution < -0.4 is 9.47 Å². The normalized spacial score (nSPS) is 14.3. The smallest absolute Gasteiger partial charge is 0.363 e. The molecule has 0 amide bonds. The molecule has 2 aromatic carbocycles. The summed E-state index contributed by atoms with van der Waals surface area (Å²) in [5.74, 6) is -2.30. The first-order chi connectivity index (χ1) is 14.4. The quantitative estimate of drug-likeness (QED) is 0.253. The molecule has 5 nitrogen and oxygen atoms in total. The minimum absolute atomic E-state index is 0.0319. The van der Waals surface area contributed by atoms with E-state index in [-0.39, 0.29) is 28.8 Å². The van der Waals surface area contributed by atoms with Crippen molar-refractivity contribution in [1.82, 2.24) is 0 Å². The Morgan fingerprint density at radius 1 is 1.03 bits per heavy atom. The van der Waals surface area contributed by atoms with Gasteiger partial charge in [-0.2, -0.15) is 0 Å². The van der Waals surface area contributed by atoms with E-state index in [1.807, 2.05) is 0 Å². The first-order valence-electron chi connectivity index (χ1n) is 8.72. The van der Waals surface area contributed by atoms with Gasteiger partial charge in [-0.3, -0.25) is 0 Å². The predicted octanol–water partition coefficient (Wildman–Crippen LogP) is 5.09. The molecular formula is C22H16ClF2NO4. The van der Waals surface area contributed by atoms with Crippen LogP contribution in [0, 0.1) is 11.6 Å². The van der Waals surface area contributed by atoms with Crippen LogP contribution in [0.3, 0.4) is 0 Å². The van der Waals surface area contributed by atoms with Crippen molar-refractivity contribution >= 4 is 29.5 Å². The van der Waals surface area contributed by atoms with Gasteiger partial charge in [-0.1, -0.05) is 43.0 Å². The number of aliphatic imine (C=N–C) groups is 1. The summed E-state index contributed by atoms with van der Waals surface area (Å²) >= 11 is 5.92. The number of hydrogen-bond donors (Lipinski definition) is 0. The number of ether oxygens (including phenoxy) is 3. The Labute approximate surface area is 176 Å². The number of esters is 1. The number of carbonyl (C=O) groups excluding carboxylic acids is 1. The fourth-order valence-corrected chi connectivity index (χ4v) is 2.74. The number of rotatable bonds is 8. The van der Waals surface area contributed by atoms with Gasteiger partial charge in [-0.05, 0) is 35.9 Å². The van der Waals surface area contributed by atoms with Gasteiger partial charge in [0.05, 0.1) is 10.6 Å². The Morgan fingerprint density at radius 2 is 1.70 bits per heavy atom. The molecule has 0 spiro atoms. The minimum atomic E-state index is -1.13. The van der Waals surface area contributed by atoms with Crippen LogP contribution in [0.4, 0.5) is 8.78 Å². The molecular weight excluding hydrogens is 416 g/mol. The molecule has 154 valence electrons. The molecule has 0 unspecified atom stereocenters. The van der Waals surface area contributed by atoms with Crippen LogP contribution in [0.2, 0.25) is 5.02 Å². The molecule has 1 heterocycles. The largest absolute Gasteiger partial charge is 0.486 e. The van der Waals surface area contributed by atoms with Gasteiger partial charge in [-0.25, -0.2) is 18.6 Å². The number of cyclic esters (lactones) is 1. The fourth-order valence-electron chi connectivity index (χ4n) is 2.51. The Kier molecular flexibility index (Phi) is 6.64. The Balaban J connectivity index is 1.94. The second-order valence-corrected chi connectivity index (χ2v) is 6.39. The van der Waals surface area contributed by atoms with Gasteiger partial charge >= 0.3 is 5.97 Å². The van der Waals surface area contributed by atoms with Gasteiger partial charge in [0.25, 0.3) is 0 Å². The molecule has 2 aromatic rings. The molecule has 0 aliphatic carbocycles. The highest BCUT2D eigenvalue weighted by atomic mass is 35.5. The van der Waals surface area contributed by atoms with Crippen molar-refractivity contribution in [3.05, 3.63) is 89.1 Å². The summed E-state index contributed by atoms with van der Waals surface area (Å²) in [6.07, 6.45) is 4.64. The zero-order chi connectivity index (χ0) is 21.7. The van der Waals surface area contributed by atoms with Gasteiger partial charge in [-0.15, -0.1) is 0 Å². The Morgan fingerprint density at radius 3 is 2.40 bits per heavy atom. The van der Waals surface area contributed by atoms with E-state index in [9.17, 15) is 13.6 Å². The lowest BCUT2D eigenvalue weighted by molar-refractivity contribution is -0.129. The molecule has 1 aliphatic heterocycles. The van der Waals surface area contributed by atoms with Crippen LogP contribution in [0.25, 0.3) is 6.08 Å². The highest BCUT2D eigenvalue weighted by molar-refractivity contribution is 6.34. The average molecular weight is 432 g/mol. The molecule has 8 heteroatoms. The van der Waals surface area contributed by atoms with Crippen molar-refractivity contribution in [2.24, 2.45) is 4.99 Å². The van der Waals surface area contributed by atoms with Crippen LogP contribution in [0.5, 0.6) is 11.5 Å². The summed E-state index contributed by atoms with van der Waals surface area (Å²) in [4.78, 5) is 16.3. The summed E-state index contributed by atoms with van der Waals surface area (Å²) in [6, 6.07) is 6.62. The number of hydrogen-bond acceptors (Lipinski definition) is 5. The van der Waals surface area contributed by atoms with Crippen LogP contribution in [0.15, 0.2) is 66.3 Å². The van der Waals surface area contributed by atoms with Crippen molar-refractivity contribution < 1.29 is 27.8 Å². The van der Waals surface area contributed by atoms with E-state index < -0.39 is 17.6 Å². The maximum absolute atomic E-state index is 13.5. The van der Waals surface area contributed by atoms with E-state index in [1.165, 1.54) is 6.08 Å². The van der Waals surface area contributed by atoms with Crippen LogP contribution in [0.1, 0.15) is 11.1 Å². The Bertz CT molecular complexity index is 1080. The first kappa shape index (κ1) is 21.3. The van der Waals surface area contributed by atoms with Gasteiger partial charge in [0.15, 0.2) is 28.8 Å². The molecule has 0 saturated heterocycles. The van der Waals surface area contributed by atoms with E-state index in [0.29, 0.717) is 23.7 Å². The lowest BCUT2D eigenvalue weighted by Gasteiger charge is -2.11. The third kappa shape index (κ3) is 4.75. The molecule has 1 aliphatic rings. The van der Waals surface area contributed by atoms with E-state index >= 15 is 0 Å². The molecule has 0 atom stereocenters. The molecule has 3 rings (SSSR count). The zero-order valence-electron chi connectivity index (χ0n) is 15.7. The first-order valence-corrected chi connectivity index (χ1v) is 9.09. The van der Waals surface area contributed by atoms with Crippen molar-refractivity contribution in [2.45, 2.75) is 0 Å². The van der Waals surface area contributed by atoms with E-state index in [2.05, 4.69) is 18.2 Å². The van der Waals surface area contributed by atoms with Gasteiger partial charge in [0.1, 0.15) is 13.2 Å². The molecule has 0 N–H and O–H groups in total. The molecule has 0 bridgehead atoms. The molecule has 0 aromatic heterocycles. The van der Waals surface area contributed by atoms with Crippen molar-refractivity contribution in [1.29, 1.82) is 0 Å². The average Bonchev–Trinajstić information content (AvgIpc) is 3.08. The highest BCUT2D eigenvalue weighted by Gasteiger charge is 2.27. The highest BCUT2D eigenvalue weighted by Crippen LogP contribution is 2.31. The zero-order valence-corrected chi connectivity index (χ0v) is 16.4. The summed E-state index contributed by atoms with van der Waals surface area (Å²) in [5.41, 5.74) is 0.504. The van der Waals surface area contributed by atoms with Crippen molar-refractivity contribution in [3.8, 4) is 11.5 Å². The topological polar surface area (TPSA) is 57.1 Å². The Hall–Kier alpha value is -3.45. The third-order valence-corrected chi connectivity index (χ3v) is 4.16. The van der Waals surface area contributed by atoms with Crippen LogP contribution >= 0.6 is 11.6 Å². The summed E-state index contributed by atoms with van der Waals surface area (Å²) < 4.78 is 43.0. The van der Waals surface area contributed by atoms with E-state index in [1.54, 1.807) is 30.4 Å². The molecule has 0 fully saturated rings. The predicted molar refractivity (Wildman–Crippen MR) is 110 cm³/mol. The van der Waals surface area contributed by atoms with Crippen LogP contribution in [-0.4, -0.2) is 25.1 Å². The number of benzene rings is 2. The number of nitrogens with zero attached hydrogens (tertiary/aromatic N) is 1. The number of carbonyl (C=O) groups is 1. The summed E-state index contributed by atoms with van der Waals surface area (Å²) in [7, 11) is 0.